The van der Waals surface area contributed by atoms with Crippen LogP contribution in [0.5, 0.6) is 0 Å². The average molecular weight is 425 g/mol. The monoisotopic (exact) mass is 424 g/mol. The molecule has 0 bridgehead atoms. The van der Waals surface area contributed by atoms with Gasteiger partial charge in [0.1, 0.15) is 0 Å². The molecule has 0 saturated carbocycles. The maximum Gasteiger partial charge on any atom is 0.227 e. The van der Waals surface area contributed by atoms with Crippen molar-refractivity contribution in [3.63, 3.8) is 0 Å². The molecule has 5 heteroatoms. The number of nitrogens with one attached hydrogen (secondary N) is 1. The van der Waals surface area contributed by atoms with Crippen LogP contribution in [-0.4, -0.2) is 36.3 Å². The van der Waals surface area contributed by atoms with Crippen LogP contribution in [-0.2, 0) is 16.0 Å². The highest BCUT2D eigenvalue weighted by atomic mass is 32.1. The zero-order valence-electron chi connectivity index (χ0n) is 18.2. The SMILES string of the molecule is C=CCNC(=O)C1(Cc2cccc(-c3cccs3)c2)CCN(C(=O)C(C)(C)C)CC1. The number of nitrogens with zero attached hydrogens (tertiary/aromatic N) is 1. The molecule has 1 fully saturated rings. The van der Waals surface area contributed by atoms with E-state index in [1.807, 2.05) is 25.7 Å². The topological polar surface area (TPSA) is 49.4 Å². The van der Waals surface area contributed by atoms with Gasteiger partial charge in [0.25, 0.3) is 0 Å². The van der Waals surface area contributed by atoms with E-state index >= 15 is 0 Å². The molecule has 1 N–H and O–H groups in total. The number of hydrogen-bond acceptors (Lipinski definition) is 3. The van der Waals surface area contributed by atoms with Gasteiger partial charge >= 0.3 is 0 Å². The van der Waals surface area contributed by atoms with Crippen molar-refractivity contribution in [3.8, 4) is 10.4 Å². The first-order valence-corrected chi connectivity index (χ1v) is 11.4. The number of likely N-dealkylation sites (tertiary alicyclic amines) is 1. The standard InChI is InChI=1S/C25H32N2O2S/c1-5-13-26-22(28)25(11-14-27(15-12-25)23(29)24(2,3)4)18-19-8-6-9-20(17-19)21-10-7-16-30-21/h5-10,16-17H,1,11-15,18H2,2-4H3,(H,26,28). The van der Waals surface area contributed by atoms with E-state index in [1.165, 1.54) is 10.4 Å². The minimum atomic E-state index is -0.508. The summed E-state index contributed by atoms with van der Waals surface area (Å²) in [6.07, 6.45) is 3.72. The second kappa shape index (κ2) is 9.17. The lowest BCUT2D eigenvalue weighted by atomic mass is 9.72. The lowest BCUT2D eigenvalue weighted by molar-refractivity contribution is -0.145. The summed E-state index contributed by atoms with van der Waals surface area (Å²) in [5.74, 6) is 0.217. The molecule has 2 amide bonds. The summed E-state index contributed by atoms with van der Waals surface area (Å²) in [4.78, 5) is 29.1. The Hall–Kier alpha value is -2.40. The van der Waals surface area contributed by atoms with Gasteiger partial charge < -0.3 is 10.2 Å². The van der Waals surface area contributed by atoms with E-state index in [1.54, 1.807) is 17.4 Å². The predicted octanol–water partition coefficient (Wildman–Crippen LogP) is 4.91. The van der Waals surface area contributed by atoms with Crippen molar-refractivity contribution in [1.82, 2.24) is 10.2 Å². The maximum atomic E-state index is 13.2. The summed E-state index contributed by atoms with van der Waals surface area (Å²) in [5, 5.41) is 5.10. The number of carbonyl (C=O) groups excluding carboxylic acids is 2. The smallest absolute Gasteiger partial charge is 0.227 e. The summed E-state index contributed by atoms with van der Waals surface area (Å²) < 4.78 is 0. The van der Waals surface area contributed by atoms with Gasteiger partial charge in [0.15, 0.2) is 0 Å². The maximum absolute atomic E-state index is 13.2. The fourth-order valence-electron chi connectivity index (χ4n) is 4.12. The summed E-state index contributed by atoms with van der Waals surface area (Å²) in [6.45, 7) is 11.3. The quantitative estimate of drug-likeness (QED) is 0.670. The Bertz CT molecular complexity index is 888. The van der Waals surface area contributed by atoms with Crippen molar-refractivity contribution in [1.29, 1.82) is 0 Å². The number of carbonyl (C=O) groups is 2. The lowest BCUT2D eigenvalue weighted by Crippen LogP contribution is -2.53. The van der Waals surface area contributed by atoms with Gasteiger partial charge in [-0.2, -0.15) is 0 Å². The molecule has 1 aliphatic heterocycles. The largest absolute Gasteiger partial charge is 0.352 e. The second-order valence-electron chi connectivity index (χ2n) is 9.18. The highest BCUT2D eigenvalue weighted by Gasteiger charge is 2.43. The molecule has 30 heavy (non-hydrogen) atoms. The van der Waals surface area contributed by atoms with Gasteiger partial charge in [0, 0.05) is 29.9 Å². The second-order valence-corrected chi connectivity index (χ2v) is 10.1. The zero-order chi connectivity index (χ0) is 21.8. The first-order valence-electron chi connectivity index (χ1n) is 10.6. The first kappa shape index (κ1) is 22.3. The van der Waals surface area contributed by atoms with Crippen LogP contribution in [0.3, 0.4) is 0 Å². The summed E-state index contributed by atoms with van der Waals surface area (Å²) in [6, 6.07) is 12.7. The first-order chi connectivity index (χ1) is 14.2. The van der Waals surface area contributed by atoms with E-state index in [-0.39, 0.29) is 11.8 Å². The van der Waals surface area contributed by atoms with Gasteiger partial charge in [-0.1, -0.05) is 57.2 Å². The van der Waals surface area contributed by atoms with E-state index in [9.17, 15) is 9.59 Å². The molecule has 0 unspecified atom stereocenters. The van der Waals surface area contributed by atoms with Crippen molar-refractivity contribution in [2.24, 2.45) is 10.8 Å². The molecule has 1 aromatic heterocycles. The molecule has 4 nitrogen and oxygen atoms in total. The fourth-order valence-corrected chi connectivity index (χ4v) is 4.84. The molecule has 1 saturated heterocycles. The molecule has 1 aromatic carbocycles. The van der Waals surface area contributed by atoms with Crippen LogP contribution >= 0.6 is 11.3 Å². The zero-order valence-corrected chi connectivity index (χ0v) is 19.1. The third-order valence-corrected chi connectivity index (χ3v) is 6.73. The minimum Gasteiger partial charge on any atom is -0.352 e. The van der Waals surface area contributed by atoms with Crippen LogP contribution in [0.2, 0.25) is 0 Å². The normalized spacial score (nSPS) is 16.2. The van der Waals surface area contributed by atoms with E-state index in [0.29, 0.717) is 38.9 Å². The third kappa shape index (κ3) is 5.01. The average Bonchev–Trinajstić information content (AvgIpc) is 3.26. The molecule has 0 atom stereocenters. The summed E-state index contributed by atoms with van der Waals surface area (Å²) in [7, 11) is 0. The molecule has 0 spiro atoms. The van der Waals surface area contributed by atoms with Gasteiger partial charge in [-0.25, -0.2) is 0 Å². The predicted molar refractivity (Wildman–Crippen MR) is 124 cm³/mol. The number of thiophene rings is 1. The number of amides is 2. The molecule has 3 rings (SSSR count). The van der Waals surface area contributed by atoms with Gasteiger partial charge in [-0.05, 0) is 41.8 Å². The van der Waals surface area contributed by atoms with Crippen molar-refractivity contribution in [2.75, 3.05) is 19.6 Å². The van der Waals surface area contributed by atoms with Gasteiger partial charge in [0.2, 0.25) is 11.8 Å². The Morgan fingerprint density at radius 2 is 1.93 bits per heavy atom. The molecule has 0 aliphatic carbocycles. The number of rotatable bonds is 6. The Balaban J connectivity index is 1.82. The molecular weight excluding hydrogens is 392 g/mol. The third-order valence-electron chi connectivity index (χ3n) is 5.81. The molecule has 2 aromatic rings. The van der Waals surface area contributed by atoms with Crippen molar-refractivity contribution in [2.45, 2.75) is 40.0 Å². The number of benzene rings is 1. The van der Waals surface area contributed by atoms with Crippen LogP contribution in [0.15, 0.2) is 54.4 Å². The molecular formula is C25H32N2O2S. The number of piperidine rings is 1. The summed E-state index contributed by atoms with van der Waals surface area (Å²) >= 11 is 1.72. The molecule has 2 heterocycles. The Morgan fingerprint density at radius 1 is 1.20 bits per heavy atom. The van der Waals surface area contributed by atoms with Crippen LogP contribution in [0.25, 0.3) is 10.4 Å². The van der Waals surface area contributed by atoms with E-state index < -0.39 is 10.8 Å². The van der Waals surface area contributed by atoms with Gasteiger partial charge in [-0.3, -0.25) is 9.59 Å². The highest BCUT2D eigenvalue weighted by Crippen LogP contribution is 2.38. The minimum absolute atomic E-state index is 0.0618. The van der Waals surface area contributed by atoms with Crippen molar-refractivity contribution in [3.05, 3.63) is 60.0 Å². The van der Waals surface area contributed by atoms with Crippen LogP contribution in [0, 0.1) is 10.8 Å². The van der Waals surface area contributed by atoms with Crippen LogP contribution in [0.4, 0.5) is 0 Å². The Kier molecular flexibility index (Phi) is 6.81. The van der Waals surface area contributed by atoms with Gasteiger partial charge in [-0.15, -0.1) is 17.9 Å². The Morgan fingerprint density at radius 3 is 2.53 bits per heavy atom. The van der Waals surface area contributed by atoms with E-state index in [4.69, 9.17) is 0 Å². The van der Waals surface area contributed by atoms with Crippen LogP contribution in [0.1, 0.15) is 39.2 Å². The van der Waals surface area contributed by atoms with Crippen molar-refractivity contribution < 1.29 is 9.59 Å². The molecule has 160 valence electrons. The highest BCUT2D eigenvalue weighted by molar-refractivity contribution is 7.13. The van der Waals surface area contributed by atoms with E-state index in [2.05, 4.69) is 53.7 Å². The summed E-state index contributed by atoms with van der Waals surface area (Å²) in [5.41, 5.74) is 1.43. The van der Waals surface area contributed by atoms with Crippen molar-refractivity contribution >= 4 is 23.2 Å². The molecule has 0 radical (unpaired) electrons. The fraction of sp³-hybridized carbons (Fsp3) is 0.440. The van der Waals surface area contributed by atoms with Gasteiger partial charge in [0.05, 0.1) is 5.41 Å². The van der Waals surface area contributed by atoms with E-state index in [0.717, 1.165) is 5.56 Å². The Labute approximate surface area is 184 Å². The number of hydrogen-bond donors (Lipinski definition) is 1. The molecule has 1 aliphatic rings. The van der Waals surface area contributed by atoms with Crippen LogP contribution < -0.4 is 5.32 Å². The lowest BCUT2D eigenvalue weighted by Gasteiger charge is -2.42.